The quantitative estimate of drug-likeness (QED) is 0.330. The van der Waals surface area contributed by atoms with Crippen molar-refractivity contribution in [1.82, 2.24) is 14.5 Å². The van der Waals surface area contributed by atoms with E-state index in [9.17, 15) is 22.8 Å². The Kier molecular flexibility index (Phi) is 7.90. The number of anilines is 1. The van der Waals surface area contributed by atoms with E-state index in [4.69, 9.17) is 14.9 Å². The zero-order valence-electron chi connectivity index (χ0n) is 21.5. The monoisotopic (exact) mass is 561 g/mol. The van der Waals surface area contributed by atoms with E-state index in [0.29, 0.717) is 24.0 Å². The van der Waals surface area contributed by atoms with E-state index in [1.54, 1.807) is 12.1 Å². The number of amides is 2. The van der Waals surface area contributed by atoms with Gasteiger partial charge in [-0.3, -0.25) is 14.4 Å². The summed E-state index contributed by atoms with van der Waals surface area (Å²) in [4.78, 5) is 39.8. The maximum absolute atomic E-state index is 15.3. The third-order valence-electron chi connectivity index (χ3n) is 6.36. The average Bonchev–Trinajstić information content (AvgIpc) is 2.84. The standard InChI is InChI=1S/C25H28FN5O7S/c1-28-39(35,36)29-20-6-4-5-14(22(20)26)9-18-19(13-31-11-15(12-31)23(27)32)17-8-7-16(37-25(34)30(2)3)10-21(17)38-24(18)33/h4-8,10,15,28-29H,9,11-13H2,1-3H3,(H2,27,32). The van der Waals surface area contributed by atoms with Crippen molar-refractivity contribution in [3.63, 3.8) is 0 Å². The summed E-state index contributed by atoms with van der Waals surface area (Å²) in [6.07, 6.45) is -0.810. The molecule has 0 spiro atoms. The minimum Gasteiger partial charge on any atom is -0.422 e. The van der Waals surface area contributed by atoms with Crippen LogP contribution < -0.4 is 25.5 Å². The third-order valence-corrected chi connectivity index (χ3v) is 7.39. The number of primary amides is 1. The van der Waals surface area contributed by atoms with E-state index in [2.05, 4.69) is 4.72 Å². The molecule has 0 saturated carbocycles. The van der Waals surface area contributed by atoms with Gasteiger partial charge >= 0.3 is 11.7 Å². The van der Waals surface area contributed by atoms with Crippen LogP contribution in [-0.4, -0.2) is 64.5 Å². The lowest BCUT2D eigenvalue weighted by Crippen LogP contribution is -2.51. The molecule has 1 aliphatic rings. The van der Waals surface area contributed by atoms with Gasteiger partial charge < -0.3 is 19.8 Å². The minimum absolute atomic E-state index is 0.0642. The Bertz CT molecular complexity index is 1600. The lowest BCUT2D eigenvalue weighted by atomic mass is 9.94. The molecule has 2 amide bonds. The van der Waals surface area contributed by atoms with Crippen molar-refractivity contribution in [3.05, 3.63) is 69.3 Å². The van der Waals surface area contributed by atoms with Crippen LogP contribution in [0.3, 0.4) is 0 Å². The highest BCUT2D eigenvalue weighted by molar-refractivity contribution is 7.90. The largest absolute Gasteiger partial charge is 0.422 e. The fraction of sp³-hybridized carbons (Fsp3) is 0.320. The van der Waals surface area contributed by atoms with Gasteiger partial charge in [-0.15, -0.1) is 0 Å². The van der Waals surface area contributed by atoms with E-state index in [-0.39, 0.29) is 47.0 Å². The molecule has 1 aromatic heterocycles. The number of nitrogens with zero attached hydrogens (tertiary/aromatic N) is 2. The van der Waals surface area contributed by atoms with Crippen LogP contribution in [0.1, 0.15) is 16.7 Å². The van der Waals surface area contributed by atoms with Crippen LogP contribution in [0.25, 0.3) is 11.0 Å². The summed E-state index contributed by atoms with van der Waals surface area (Å²) in [7, 11) is 0.259. The number of halogens is 1. The van der Waals surface area contributed by atoms with Gasteiger partial charge in [-0.1, -0.05) is 12.1 Å². The molecule has 1 fully saturated rings. The second-order valence-corrected chi connectivity index (χ2v) is 10.9. The zero-order chi connectivity index (χ0) is 28.5. The Hall–Kier alpha value is -4.01. The molecule has 12 nitrogen and oxygen atoms in total. The summed E-state index contributed by atoms with van der Waals surface area (Å²) in [6, 6.07) is 8.77. The number of carbonyl (C=O) groups is 2. The van der Waals surface area contributed by atoms with E-state index >= 15 is 4.39 Å². The minimum atomic E-state index is -3.98. The van der Waals surface area contributed by atoms with Gasteiger partial charge in [0.25, 0.3) is 10.2 Å². The topological polar surface area (TPSA) is 164 Å². The van der Waals surface area contributed by atoms with Gasteiger partial charge in [-0.2, -0.15) is 8.42 Å². The molecule has 0 radical (unpaired) electrons. The van der Waals surface area contributed by atoms with E-state index in [1.165, 1.54) is 50.3 Å². The molecule has 14 heteroatoms. The molecule has 1 saturated heterocycles. The summed E-state index contributed by atoms with van der Waals surface area (Å²) in [5.41, 5.74) is 5.29. The van der Waals surface area contributed by atoms with Gasteiger partial charge in [0.1, 0.15) is 11.3 Å². The van der Waals surface area contributed by atoms with E-state index in [0.717, 1.165) is 0 Å². The molecule has 2 aromatic carbocycles. The first kappa shape index (κ1) is 28.0. The first-order valence-electron chi connectivity index (χ1n) is 11.9. The zero-order valence-corrected chi connectivity index (χ0v) is 22.3. The number of hydrogen-bond donors (Lipinski definition) is 3. The second-order valence-electron chi connectivity index (χ2n) is 9.33. The molecular weight excluding hydrogens is 533 g/mol. The highest BCUT2D eigenvalue weighted by Gasteiger charge is 2.32. The van der Waals surface area contributed by atoms with Crippen LogP contribution in [0, 0.1) is 11.7 Å². The number of ether oxygens (including phenoxy) is 1. The van der Waals surface area contributed by atoms with Crippen LogP contribution in [0.15, 0.2) is 45.6 Å². The van der Waals surface area contributed by atoms with Crippen molar-refractivity contribution < 1.29 is 31.6 Å². The Morgan fingerprint density at radius 2 is 1.92 bits per heavy atom. The Morgan fingerprint density at radius 3 is 2.56 bits per heavy atom. The summed E-state index contributed by atoms with van der Waals surface area (Å²) in [6.45, 7) is 1.03. The van der Waals surface area contributed by atoms with Crippen molar-refractivity contribution in [2.45, 2.75) is 13.0 Å². The Balaban J connectivity index is 1.76. The Morgan fingerprint density at radius 1 is 1.21 bits per heavy atom. The molecule has 4 N–H and O–H groups in total. The fourth-order valence-corrected chi connectivity index (χ4v) is 4.73. The highest BCUT2D eigenvalue weighted by Crippen LogP contribution is 2.30. The van der Waals surface area contributed by atoms with Crippen molar-refractivity contribution in [3.8, 4) is 5.75 Å². The number of carbonyl (C=O) groups excluding carboxylic acids is 2. The van der Waals surface area contributed by atoms with Crippen LogP contribution in [0.5, 0.6) is 5.75 Å². The van der Waals surface area contributed by atoms with Gasteiger partial charge in [-0.25, -0.2) is 18.7 Å². The Labute approximate surface area is 223 Å². The predicted molar refractivity (Wildman–Crippen MR) is 141 cm³/mol. The van der Waals surface area contributed by atoms with Crippen LogP contribution in [-0.2, 0) is 28.0 Å². The van der Waals surface area contributed by atoms with Gasteiger partial charge in [0, 0.05) is 64.2 Å². The smallest absolute Gasteiger partial charge is 0.414 e. The molecular formula is C25H28FN5O7S. The van der Waals surface area contributed by atoms with Crippen LogP contribution >= 0.6 is 0 Å². The maximum Gasteiger partial charge on any atom is 0.414 e. The normalized spacial score (nSPS) is 14.2. The molecule has 3 aromatic rings. The molecule has 0 aliphatic carbocycles. The fourth-order valence-electron chi connectivity index (χ4n) is 4.18. The molecule has 0 bridgehead atoms. The summed E-state index contributed by atoms with van der Waals surface area (Å²) < 4.78 is 54.1. The average molecular weight is 562 g/mol. The number of nitrogens with two attached hydrogens (primary N) is 1. The number of rotatable bonds is 9. The first-order valence-corrected chi connectivity index (χ1v) is 13.3. The summed E-state index contributed by atoms with van der Waals surface area (Å²) in [5, 5.41) is 0.532. The molecule has 4 rings (SSSR count). The van der Waals surface area contributed by atoms with Crippen molar-refractivity contribution in [2.75, 3.05) is 39.0 Å². The van der Waals surface area contributed by atoms with Gasteiger partial charge in [-0.05, 0) is 29.3 Å². The second kappa shape index (κ2) is 11.0. The first-order chi connectivity index (χ1) is 18.4. The third kappa shape index (κ3) is 6.19. The van der Waals surface area contributed by atoms with Crippen molar-refractivity contribution in [1.29, 1.82) is 0 Å². The number of nitrogens with one attached hydrogen (secondary N) is 2. The van der Waals surface area contributed by atoms with Gasteiger partial charge in [0.2, 0.25) is 5.91 Å². The number of benzene rings is 2. The van der Waals surface area contributed by atoms with E-state index in [1.807, 2.05) is 9.62 Å². The molecule has 2 heterocycles. The highest BCUT2D eigenvalue weighted by atomic mass is 32.2. The van der Waals surface area contributed by atoms with E-state index < -0.39 is 33.7 Å². The predicted octanol–water partition coefficient (Wildman–Crippen LogP) is 1.38. The lowest BCUT2D eigenvalue weighted by Gasteiger charge is -2.37. The molecule has 39 heavy (non-hydrogen) atoms. The van der Waals surface area contributed by atoms with Crippen LogP contribution in [0.4, 0.5) is 14.9 Å². The van der Waals surface area contributed by atoms with Crippen molar-refractivity contribution in [2.24, 2.45) is 11.7 Å². The SMILES string of the molecule is CNS(=O)(=O)Nc1cccc(Cc2c(CN3CC(C(N)=O)C3)c3ccc(OC(=O)N(C)C)cc3oc2=O)c1F. The van der Waals surface area contributed by atoms with Crippen LogP contribution in [0.2, 0.25) is 0 Å². The van der Waals surface area contributed by atoms with Crippen molar-refractivity contribution >= 4 is 38.9 Å². The number of hydrogen-bond acceptors (Lipinski definition) is 8. The van der Waals surface area contributed by atoms with Gasteiger partial charge in [0.05, 0.1) is 11.6 Å². The summed E-state index contributed by atoms with van der Waals surface area (Å²) in [5.74, 6) is -1.41. The molecule has 1 aliphatic heterocycles. The van der Waals surface area contributed by atoms with Gasteiger partial charge in [0.15, 0.2) is 5.82 Å². The number of likely N-dealkylation sites (tertiary alicyclic amines) is 1. The molecule has 0 unspecified atom stereocenters. The summed E-state index contributed by atoms with van der Waals surface area (Å²) >= 11 is 0. The number of fused-ring (bicyclic) bond motifs is 1. The lowest BCUT2D eigenvalue weighted by molar-refractivity contribution is -0.127. The maximum atomic E-state index is 15.3. The molecule has 0 atom stereocenters. The molecule has 208 valence electrons.